The van der Waals surface area contributed by atoms with E-state index in [2.05, 4.69) is 6.92 Å². The highest BCUT2D eigenvalue weighted by Crippen LogP contribution is 2.12. The van der Waals surface area contributed by atoms with Gasteiger partial charge in [-0.3, -0.25) is 4.79 Å². The standard InChI is InChI=1S/C17H24O3/c1-2-3-4-5-6-10-13-16-15(18)12-9-7-8-11-14-17(19)20-16/h3-7,9-10,13,15-16,18H,2,8,11-12,14H2,1H3/b4-3+,6-5+,9-7-,13-10-/t15-,16?/m1/s1. The van der Waals surface area contributed by atoms with Crippen LogP contribution >= 0.6 is 0 Å². The molecule has 3 nitrogen and oxygen atoms in total. The molecular formula is C17H24O3. The first kappa shape index (κ1) is 16.4. The van der Waals surface area contributed by atoms with Crippen molar-refractivity contribution in [3.8, 4) is 0 Å². The van der Waals surface area contributed by atoms with Crippen molar-refractivity contribution in [3.63, 3.8) is 0 Å². The lowest BCUT2D eigenvalue weighted by molar-refractivity contribution is -0.151. The van der Waals surface area contributed by atoms with Crippen LogP contribution in [0.2, 0.25) is 0 Å². The van der Waals surface area contributed by atoms with E-state index in [1.54, 1.807) is 12.2 Å². The highest BCUT2D eigenvalue weighted by molar-refractivity contribution is 5.69. The Morgan fingerprint density at radius 3 is 2.90 bits per heavy atom. The second-order valence-electron chi connectivity index (χ2n) is 4.73. The van der Waals surface area contributed by atoms with Crippen LogP contribution in [0.5, 0.6) is 0 Å². The van der Waals surface area contributed by atoms with Gasteiger partial charge in [0.2, 0.25) is 0 Å². The van der Waals surface area contributed by atoms with Gasteiger partial charge in [-0.1, -0.05) is 49.5 Å². The molecule has 1 rings (SSSR count). The van der Waals surface area contributed by atoms with Crippen LogP contribution in [0.15, 0.2) is 48.6 Å². The lowest BCUT2D eigenvalue weighted by Crippen LogP contribution is -2.29. The van der Waals surface area contributed by atoms with Gasteiger partial charge in [0.15, 0.2) is 0 Å². The number of esters is 1. The zero-order valence-corrected chi connectivity index (χ0v) is 12.1. The van der Waals surface area contributed by atoms with Gasteiger partial charge in [0.1, 0.15) is 6.10 Å². The van der Waals surface area contributed by atoms with E-state index in [1.165, 1.54) is 0 Å². The summed E-state index contributed by atoms with van der Waals surface area (Å²) in [5.41, 5.74) is 0. The maximum absolute atomic E-state index is 11.6. The first-order chi connectivity index (χ1) is 9.74. The van der Waals surface area contributed by atoms with Crippen LogP contribution in [0.3, 0.4) is 0 Å². The Bertz CT molecular complexity index is 391. The molecule has 0 spiro atoms. The van der Waals surface area contributed by atoms with Crippen molar-refractivity contribution in [2.75, 3.05) is 0 Å². The molecule has 0 radical (unpaired) electrons. The summed E-state index contributed by atoms with van der Waals surface area (Å²) in [5, 5.41) is 10.0. The van der Waals surface area contributed by atoms with Gasteiger partial charge in [-0.25, -0.2) is 0 Å². The number of carbonyl (C=O) groups excluding carboxylic acids is 1. The zero-order chi connectivity index (χ0) is 14.6. The topological polar surface area (TPSA) is 46.5 Å². The second kappa shape index (κ2) is 10.2. The van der Waals surface area contributed by atoms with Crippen molar-refractivity contribution in [1.82, 2.24) is 0 Å². The third kappa shape index (κ3) is 7.10. The van der Waals surface area contributed by atoms with Crippen molar-refractivity contribution in [2.45, 2.75) is 51.2 Å². The Labute approximate surface area is 121 Å². The summed E-state index contributed by atoms with van der Waals surface area (Å²) in [7, 11) is 0. The van der Waals surface area contributed by atoms with Crippen molar-refractivity contribution in [1.29, 1.82) is 0 Å². The molecule has 0 aromatic rings. The SMILES string of the molecule is CC/C=C/C=C/C=C\C1OC(=O)CCC/C=C\C[C@H]1O. The maximum Gasteiger partial charge on any atom is 0.306 e. The van der Waals surface area contributed by atoms with Crippen molar-refractivity contribution in [3.05, 3.63) is 48.6 Å². The third-order valence-corrected chi connectivity index (χ3v) is 2.95. The molecule has 0 amide bonds. The van der Waals surface area contributed by atoms with Gasteiger partial charge < -0.3 is 9.84 Å². The lowest BCUT2D eigenvalue weighted by Gasteiger charge is -2.20. The number of hydrogen-bond donors (Lipinski definition) is 1. The highest BCUT2D eigenvalue weighted by atomic mass is 16.6. The minimum atomic E-state index is -0.691. The Hall–Kier alpha value is -1.61. The normalized spacial score (nSPS) is 27.2. The molecule has 20 heavy (non-hydrogen) atoms. The monoisotopic (exact) mass is 276 g/mol. The zero-order valence-electron chi connectivity index (χ0n) is 12.1. The Morgan fingerprint density at radius 2 is 2.10 bits per heavy atom. The summed E-state index contributed by atoms with van der Waals surface area (Å²) in [6.45, 7) is 2.07. The fourth-order valence-corrected chi connectivity index (χ4v) is 1.83. The van der Waals surface area contributed by atoms with Gasteiger partial charge in [0.05, 0.1) is 6.10 Å². The molecule has 3 heteroatoms. The summed E-state index contributed by atoms with van der Waals surface area (Å²) in [6.07, 6.45) is 17.6. The minimum Gasteiger partial charge on any atom is -0.455 e. The first-order valence-corrected chi connectivity index (χ1v) is 7.26. The van der Waals surface area contributed by atoms with Crippen LogP contribution in [0, 0.1) is 0 Å². The molecule has 110 valence electrons. The van der Waals surface area contributed by atoms with Gasteiger partial charge >= 0.3 is 5.97 Å². The molecule has 1 heterocycles. The van der Waals surface area contributed by atoms with E-state index in [1.807, 2.05) is 36.5 Å². The number of rotatable bonds is 4. The third-order valence-electron chi connectivity index (χ3n) is 2.95. The molecule has 0 saturated heterocycles. The molecule has 0 aromatic carbocycles. The fraction of sp³-hybridized carbons (Fsp3) is 0.471. The Balaban J connectivity index is 2.61. The van der Waals surface area contributed by atoms with Crippen LogP contribution in [-0.4, -0.2) is 23.3 Å². The molecule has 0 bridgehead atoms. The van der Waals surface area contributed by atoms with Crippen molar-refractivity contribution in [2.24, 2.45) is 0 Å². The van der Waals surface area contributed by atoms with Crippen LogP contribution in [0.25, 0.3) is 0 Å². The molecule has 1 unspecified atom stereocenters. The molecule has 1 aliphatic rings. The van der Waals surface area contributed by atoms with E-state index in [0.717, 1.165) is 19.3 Å². The number of allylic oxidation sites excluding steroid dienone is 6. The molecule has 0 saturated carbocycles. The van der Waals surface area contributed by atoms with Crippen LogP contribution in [0.1, 0.15) is 39.0 Å². The average Bonchev–Trinajstić information content (AvgIpc) is 2.44. The average molecular weight is 276 g/mol. The van der Waals surface area contributed by atoms with E-state index in [0.29, 0.717) is 12.8 Å². The van der Waals surface area contributed by atoms with Crippen LogP contribution < -0.4 is 0 Å². The summed E-state index contributed by atoms with van der Waals surface area (Å²) in [4.78, 5) is 11.6. The Kier molecular flexibility index (Phi) is 8.40. The van der Waals surface area contributed by atoms with E-state index in [4.69, 9.17) is 4.74 Å². The lowest BCUT2D eigenvalue weighted by atomic mass is 10.1. The summed E-state index contributed by atoms with van der Waals surface area (Å²) >= 11 is 0. The molecule has 0 aliphatic carbocycles. The van der Waals surface area contributed by atoms with Gasteiger partial charge in [-0.05, 0) is 31.8 Å². The number of aliphatic hydroxyl groups excluding tert-OH is 1. The number of cyclic esters (lactones) is 1. The van der Waals surface area contributed by atoms with Crippen molar-refractivity contribution < 1.29 is 14.6 Å². The fourth-order valence-electron chi connectivity index (χ4n) is 1.83. The minimum absolute atomic E-state index is 0.246. The first-order valence-electron chi connectivity index (χ1n) is 7.26. The van der Waals surface area contributed by atoms with Gasteiger partial charge in [-0.2, -0.15) is 0 Å². The predicted molar refractivity (Wildman–Crippen MR) is 81.2 cm³/mol. The quantitative estimate of drug-likeness (QED) is 0.486. The van der Waals surface area contributed by atoms with Gasteiger partial charge in [0.25, 0.3) is 0 Å². The van der Waals surface area contributed by atoms with Crippen LogP contribution in [0.4, 0.5) is 0 Å². The van der Waals surface area contributed by atoms with E-state index < -0.39 is 12.2 Å². The molecule has 0 aromatic heterocycles. The molecule has 0 fully saturated rings. The summed E-state index contributed by atoms with van der Waals surface area (Å²) in [5.74, 6) is -0.246. The van der Waals surface area contributed by atoms with Crippen LogP contribution in [-0.2, 0) is 9.53 Å². The smallest absolute Gasteiger partial charge is 0.306 e. The Morgan fingerprint density at radius 1 is 1.30 bits per heavy atom. The number of carbonyl (C=O) groups is 1. The number of aliphatic hydroxyl groups is 1. The highest BCUT2D eigenvalue weighted by Gasteiger charge is 2.20. The van der Waals surface area contributed by atoms with E-state index in [-0.39, 0.29) is 5.97 Å². The summed E-state index contributed by atoms with van der Waals surface area (Å²) < 4.78 is 5.31. The van der Waals surface area contributed by atoms with Gasteiger partial charge in [0, 0.05) is 6.42 Å². The molecule has 2 atom stereocenters. The van der Waals surface area contributed by atoms with Gasteiger partial charge in [-0.15, -0.1) is 0 Å². The number of ether oxygens (including phenoxy) is 1. The van der Waals surface area contributed by atoms with E-state index in [9.17, 15) is 9.90 Å². The molecule has 1 aliphatic heterocycles. The van der Waals surface area contributed by atoms with E-state index >= 15 is 0 Å². The summed E-state index contributed by atoms with van der Waals surface area (Å²) in [6, 6.07) is 0. The molecule has 1 N–H and O–H groups in total. The predicted octanol–water partition coefficient (Wildman–Crippen LogP) is 3.47. The largest absolute Gasteiger partial charge is 0.455 e. The maximum atomic E-state index is 11.6. The number of hydrogen-bond acceptors (Lipinski definition) is 3. The molecular weight excluding hydrogens is 252 g/mol. The second-order valence-corrected chi connectivity index (χ2v) is 4.73. The van der Waals surface area contributed by atoms with Crippen molar-refractivity contribution >= 4 is 5.97 Å².